The first kappa shape index (κ1) is 14.7. The van der Waals surface area contributed by atoms with Gasteiger partial charge >= 0.3 is 0 Å². The molecule has 1 aromatic heterocycles. The van der Waals surface area contributed by atoms with Crippen LogP contribution in [0.1, 0.15) is 37.6 Å². The Labute approximate surface area is 123 Å². The third-order valence-electron chi connectivity index (χ3n) is 3.61. The van der Waals surface area contributed by atoms with Crippen molar-refractivity contribution in [2.24, 2.45) is 5.92 Å². The molecule has 0 bridgehead atoms. The molecule has 4 nitrogen and oxygen atoms in total. The quantitative estimate of drug-likeness (QED) is 0.636. The van der Waals surface area contributed by atoms with Crippen molar-refractivity contribution in [2.45, 2.75) is 20.8 Å². The Morgan fingerprint density at radius 3 is 2.38 bits per heavy atom. The smallest absolute Gasteiger partial charge is 0.223 e. The van der Waals surface area contributed by atoms with Crippen LogP contribution in [-0.2, 0) is 0 Å². The molecule has 0 N–H and O–H groups in total. The van der Waals surface area contributed by atoms with E-state index in [9.17, 15) is 14.9 Å². The monoisotopic (exact) mass is 281 g/mol. The fraction of sp³-hybridized carbons (Fsp3) is 0.235. The minimum atomic E-state index is -1.38. The Kier molecular flexibility index (Phi) is 4.04. The van der Waals surface area contributed by atoms with Crippen LogP contribution in [-0.4, -0.2) is 11.6 Å². The minimum Gasteiger partial charge on any atom is -0.461 e. The number of hydrogen-bond acceptors (Lipinski definition) is 4. The molecular formula is C17H15NO3. The Bertz CT molecular complexity index is 750. The number of benzene rings is 1. The number of carbonyl (C=O) groups is 2. The molecule has 0 saturated heterocycles. The van der Waals surface area contributed by atoms with E-state index < -0.39 is 17.5 Å². The molecule has 0 unspecified atom stereocenters. The maximum absolute atomic E-state index is 12.5. The van der Waals surface area contributed by atoms with Gasteiger partial charge in [0.15, 0.2) is 17.5 Å². The number of rotatable bonds is 4. The van der Waals surface area contributed by atoms with E-state index in [0.717, 1.165) is 11.1 Å². The first-order valence-corrected chi connectivity index (χ1v) is 6.55. The second-order valence-corrected chi connectivity index (χ2v) is 4.97. The van der Waals surface area contributed by atoms with Crippen LogP contribution in [0.5, 0.6) is 0 Å². The predicted molar refractivity (Wildman–Crippen MR) is 77.1 cm³/mol. The van der Waals surface area contributed by atoms with Crippen LogP contribution in [0.15, 0.2) is 34.9 Å². The van der Waals surface area contributed by atoms with Gasteiger partial charge in [-0.15, -0.1) is 0 Å². The molecular weight excluding hydrogens is 266 g/mol. The van der Waals surface area contributed by atoms with Crippen LogP contribution in [0.2, 0.25) is 0 Å². The number of nitrogens with zero attached hydrogens (tertiary/aromatic N) is 1. The Balaban J connectivity index is 2.41. The minimum absolute atomic E-state index is 0.0696. The van der Waals surface area contributed by atoms with Crippen LogP contribution >= 0.6 is 0 Å². The molecule has 1 aromatic carbocycles. The lowest BCUT2D eigenvalue weighted by Gasteiger charge is -2.10. The molecule has 0 aliphatic carbocycles. The zero-order valence-corrected chi connectivity index (χ0v) is 12.1. The van der Waals surface area contributed by atoms with Gasteiger partial charge in [0, 0.05) is 5.56 Å². The summed E-state index contributed by atoms with van der Waals surface area (Å²) in [6.07, 6.45) is 1.37. The first-order chi connectivity index (χ1) is 9.97. The van der Waals surface area contributed by atoms with E-state index in [1.807, 2.05) is 13.0 Å². The van der Waals surface area contributed by atoms with E-state index >= 15 is 0 Å². The number of nitriles is 1. The summed E-state index contributed by atoms with van der Waals surface area (Å²) in [5.74, 6) is -2.39. The first-order valence-electron chi connectivity index (χ1n) is 6.55. The maximum atomic E-state index is 12.5. The molecule has 1 heterocycles. The summed E-state index contributed by atoms with van der Waals surface area (Å²) in [5, 5.41) is 9.24. The second-order valence-electron chi connectivity index (χ2n) is 4.97. The lowest BCUT2D eigenvalue weighted by molar-refractivity contribution is 0.0828. The highest BCUT2D eigenvalue weighted by Crippen LogP contribution is 2.21. The number of hydrogen-bond donors (Lipinski definition) is 0. The van der Waals surface area contributed by atoms with Gasteiger partial charge in [0.25, 0.3) is 0 Å². The van der Waals surface area contributed by atoms with Crippen LogP contribution in [0.3, 0.4) is 0 Å². The van der Waals surface area contributed by atoms with Gasteiger partial charge in [-0.1, -0.05) is 18.2 Å². The molecule has 4 heteroatoms. The van der Waals surface area contributed by atoms with Crippen molar-refractivity contribution in [1.82, 2.24) is 0 Å². The predicted octanol–water partition coefficient (Wildman–Crippen LogP) is 3.41. The zero-order chi connectivity index (χ0) is 15.6. The van der Waals surface area contributed by atoms with Gasteiger partial charge in [0.1, 0.15) is 0 Å². The van der Waals surface area contributed by atoms with Crippen molar-refractivity contribution in [1.29, 1.82) is 5.26 Å². The molecule has 0 aliphatic rings. The highest BCUT2D eigenvalue weighted by molar-refractivity contribution is 6.17. The van der Waals surface area contributed by atoms with E-state index in [1.54, 1.807) is 38.1 Å². The lowest BCUT2D eigenvalue weighted by Crippen LogP contribution is -2.24. The molecule has 0 radical (unpaired) electrons. The number of ketones is 2. The van der Waals surface area contributed by atoms with Gasteiger partial charge < -0.3 is 4.42 Å². The third-order valence-corrected chi connectivity index (χ3v) is 3.61. The van der Waals surface area contributed by atoms with Gasteiger partial charge in [-0.05, 0) is 43.5 Å². The zero-order valence-electron chi connectivity index (χ0n) is 12.1. The van der Waals surface area contributed by atoms with Crippen molar-refractivity contribution < 1.29 is 14.0 Å². The second kappa shape index (κ2) is 5.76. The van der Waals surface area contributed by atoms with Crippen LogP contribution in [0.4, 0.5) is 0 Å². The Morgan fingerprint density at radius 2 is 1.81 bits per heavy atom. The molecule has 0 amide bonds. The number of carbonyl (C=O) groups excluding carboxylic acids is 2. The third kappa shape index (κ3) is 2.63. The summed E-state index contributed by atoms with van der Waals surface area (Å²) in [5.41, 5.74) is 2.75. The summed E-state index contributed by atoms with van der Waals surface area (Å²) in [7, 11) is 0. The molecule has 21 heavy (non-hydrogen) atoms. The summed E-state index contributed by atoms with van der Waals surface area (Å²) >= 11 is 0. The average molecular weight is 281 g/mol. The van der Waals surface area contributed by atoms with E-state index in [0.29, 0.717) is 11.1 Å². The Hall–Kier alpha value is -2.67. The molecule has 0 aliphatic heterocycles. The van der Waals surface area contributed by atoms with Crippen molar-refractivity contribution >= 4 is 11.6 Å². The molecule has 2 rings (SSSR count). The van der Waals surface area contributed by atoms with Crippen molar-refractivity contribution in [3.63, 3.8) is 0 Å². The molecule has 2 aromatic rings. The summed E-state index contributed by atoms with van der Waals surface area (Å²) in [6, 6.07) is 8.69. The van der Waals surface area contributed by atoms with Crippen LogP contribution in [0, 0.1) is 38.0 Å². The van der Waals surface area contributed by atoms with E-state index in [4.69, 9.17) is 4.42 Å². The maximum Gasteiger partial charge on any atom is 0.223 e. The number of Topliss-reactive ketones (excluding diaryl/α,β-unsaturated/α-hetero) is 2. The summed E-state index contributed by atoms with van der Waals surface area (Å²) in [6.45, 7) is 5.39. The summed E-state index contributed by atoms with van der Waals surface area (Å²) < 4.78 is 5.10. The fourth-order valence-electron chi connectivity index (χ4n) is 2.17. The van der Waals surface area contributed by atoms with Gasteiger partial charge in [-0.2, -0.15) is 5.26 Å². The van der Waals surface area contributed by atoms with Gasteiger partial charge in [0.05, 0.1) is 12.3 Å². The molecule has 1 atom stereocenters. The normalized spacial score (nSPS) is 11.7. The highest BCUT2D eigenvalue weighted by Gasteiger charge is 2.32. The van der Waals surface area contributed by atoms with Gasteiger partial charge in [-0.25, -0.2) is 0 Å². The molecule has 0 saturated carbocycles. The standard InChI is InChI=1S/C17H15NO3/c1-10-5-4-6-13(12(10)3)15(19)14(9-18)16(20)17-11(2)7-8-21-17/h4-8,14H,1-3H3/t14-/m0/s1. The SMILES string of the molecule is Cc1ccoc1C(=O)[C@@H](C#N)C(=O)c1cccc(C)c1C. The average Bonchev–Trinajstić information content (AvgIpc) is 2.88. The van der Waals surface area contributed by atoms with Crippen LogP contribution in [0.25, 0.3) is 0 Å². The van der Waals surface area contributed by atoms with E-state index in [1.165, 1.54) is 6.26 Å². The van der Waals surface area contributed by atoms with Gasteiger partial charge in [-0.3, -0.25) is 9.59 Å². The van der Waals surface area contributed by atoms with E-state index in [2.05, 4.69) is 0 Å². The van der Waals surface area contributed by atoms with Gasteiger partial charge in [0.2, 0.25) is 5.78 Å². The van der Waals surface area contributed by atoms with E-state index in [-0.39, 0.29) is 5.76 Å². The largest absolute Gasteiger partial charge is 0.461 e. The lowest BCUT2D eigenvalue weighted by atomic mass is 9.89. The van der Waals surface area contributed by atoms with Crippen LogP contribution < -0.4 is 0 Å². The summed E-state index contributed by atoms with van der Waals surface area (Å²) in [4.78, 5) is 24.8. The Morgan fingerprint density at radius 1 is 1.10 bits per heavy atom. The fourth-order valence-corrected chi connectivity index (χ4v) is 2.17. The van der Waals surface area contributed by atoms with Crippen molar-refractivity contribution in [2.75, 3.05) is 0 Å². The molecule has 0 spiro atoms. The van der Waals surface area contributed by atoms with Crippen molar-refractivity contribution in [3.05, 3.63) is 58.5 Å². The highest BCUT2D eigenvalue weighted by atomic mass is 16.3. The molecule has 0 fully saturated rings. The topological polar surface area (TPSA) is 71.1 Å². The molecule has 106 valence electrons. The number of furan rings is 1. The van der Waals surface area contributed by atoms with Crippen molar-refractivity contribution in [3.8, 4) is 6.07 Å². The number of aryl methyl sites for hydroxylation is 2.